The highest BCUT2D eigenvalue weighted by Gasteiger charge is 2.25. The maximum atomic E-state index is 12.4. The van der Waals surface area contributed by atoms with Crippen LogP contribution in [0.2, 0.25) is 0 Å². The Balaban J connectivity index is 1.80. The predicted octanol–water partition coefficient (Wildman–Crippen LogP) is 2.92. The van der Waals surface area contributed by atoms with Crippen molar-refractivity contribution in [2.24, 2.45) is 0 Å². The van der Waals surface area contributed by atoms with Gasteiger partial charge in [-0.2, -0.15) is 0 Å². The van der Waals surface area contributed by atoms with Crippen LogP contribution in [0.1, 0.15) is 43.2 Å². The van der Waals surface area contributed by atoms with Crippen LogP contribution in [0.3, 0.4) is 0 Å². The van der Waals surface area contributed by atoms with Crippen LogP contribution in [0, 0.1) is 6.92 Å². The molecule has 0 atom stereocenters. The first kappa shape index (κ1) is 16.0. The summed E-state index contributed by atoms with van der Waals surface area (Å²) in [5, 5.41) is 3.34. The first-order valence-corrected chi connectivity index (χ1v) is 8.08. The molecule has 3 heteroatoms. The van der Waals surface area contributed by atoms with Crippen LogP contribution < -0.4 is 5.32 Å². The molecule has 0 aromatic heterocycles. The lowest BCUT2D eigenvalue weighted by Crippen LogP contribution is -2.42. The molecule has 1 aromatic carbocycles. The molecule has 0 unspecified atom stereocenters. The summed E-state index contributed by atoms with van der Waals surface area (Å²) in [4.78, 5) is 14.3. The third kappa shape index (κ3) is 4.57. The molecule has 0 bridgehead atoms. The fourth-order valence-corrected chi connectivity index (χ4v) is 3.25. The first-order valence-electron chi connectivity index (χ1n) is 8.08. The number of rotatable bonds is 5. The molecule has 1 amide bonds. The van der Waals surface area contributed by atoms with Crippen molar-refractivity contribution in [1.29, 1.82) is 0 Å². The van der Waals surface area contributed by atoms with Gasteiger partial charge in [-0.25, -0.2) is 0 Å². The zero-order chi connectivity index (χ0) is 15.2. The second-order valence-corrected chi connectivity index (χ2v) is 6.29. The van der Waals surface area contributed by atoms with Crippen LogP contribution in [0.15, 0.2) is 24.3 Å². The van der Waals surface area contributed by atoms with Crippen LogP contribution in [0.5, 0.6) is 0 Å². The number of nitrogens with one attached hydrogen (secondary N) is 1. The Morgan fingerprint density at radius 1 is 1.29 bits per heavy atom. The molecular formula is C18H28N2O. The fourth-order valence-electron chi connectivity index (χ4n) is 3.25. The van der Waals surface area contributed by atoms with Crippen molar-refractivity contribution in [3.05, 3.63) is 35.4 Å². The van der Waals surface area contributed by atoms with E-state index in [2.05, 4.69) is 36.5 Å². The summed E-state index contributed by atoms with van der Waals surface area (Å²) in [7, 11) is 4.00. The highest BCUT2D eigenvalue weighted by atomic mass is 16.2. The van der Waals surface area contributed by atoms with Crippen molar-refractivity contribution < 1.29 is 4.79 Å². The quantitative estimate of drug-likeness (QED) is 0.903. The highest BCUT2D eigenvalue weighted by Crippen LogP contribution is 2.23. The standard InChI is InChI=1S/C18H28N2O/c1-14-5-4-6-15(13-14)7-12-18(21)20(3)17-10-8-16(19-2)9-11-17/h4-6,13,16-17,19H,7-12H2,1-3H3. The molecule has 21 heavy (non-hydrogen) atoms. The topological polar surface area (TPSA) is 32.3 Å². The molecule has 1 aromatic rings. The number of carbonyl (C=O) groups is 1. The minimum atomic E-state index is 0.282. The van der Waals surface area contributed by atoms with Crippen LogP contribution in [-0.4, -0.2) is 37.0 Å². The highest BCUT2D eigenvalue weighted by molar-refractivity contribution is 5.76. The van der Waals surface area contributed by atoms with Crippen LogP contribution >= 0.6 is 0 Å². The average Bonchev–Trinajstić information content (AvgIpc) is 2.52. The van der Waals surface area contributed by atoms with Crippen LogP contribution in [0.25, 0.3) is 0 Å². The Labute approximate surface area is 128 Å². The van der Waals surface area contributed by atoms with Gasteiger partial charge < -0.3 is 10.2 Å². The summed E-state index contributed by atoms with van der Waals surface area (Å²) in [6.45, 7) is 2.09. The first-order chi connectivity index (χ1) is 10.1. The van der Waals surface area contributed by atoms with E-state index in [1.807, 2.05) is 19.0 Å². The number of benzene rings is 1. The number of aryl methyl sites for hydroxylation is 2. The molecule has 1 aliphatic carbocycles. The maximum Gasteiger partial charge on any atom is 0.222 e. The molecule has 1 N–H and O–H groups in total. The van der Waals surface area contributed by atoms with Gasteiger partial charge in [-0.05, 0) is 51.6 Å². The lowest BCUT2D eigenvalue weighted by Gasteiger charge is -2.34. The lowest BCUT2D eigenvalue weighted by atomic mass is 9.90. The van der Waals surface area contributed by atoms with E-state index in [1.165, 1.54) is 24.0 Å². The van der Waals surface area contributed by atoms with Gasteiger partial charge >= 0.3 is 0 Å². The van der Waals surface area contributed by atoms with E-state index >= 15 is 0 Å². The van der Waals surface area contributed by atoms with E-state index in [9.17, 15) is 4.79 Å². The Morgan fingerprint density at radius 2 is 2.00 bits per heavy atom. The van der Waals surface area contributed by atoms with Crippen molar-refractivity contribution in [3.63, 3.8) is 0 Å². The van der Waals surface area contributed by atoms with Gasteiger partial charge in [0.1, 0.15) is 0 Å². The molecule has 1 aliphatic rings. The van der Waals surface area contributed by atoms with E-state index in [-0.39, 0.29) is 5.91 Å². The normalized spacial score (nSPS) is 22.0. The van der Waals surface area contributed by atoms with Crippen molar-refractivity contribution in [3.8, 4) is 0 Å². The smallest absolute Gasteiger partial charge is 0.222 e. The minimum Gasteiger partial charge on any atom is -0.343 e. The molecular weight excluding hydrogens is 260 g/mol. The molecule has 2 rings (SSSR count). The predicted molar refractivity (Wildman–Crippen MR) is 87.4 cm³/mol. The van der Waals surface area contributed by atoms with Gasteiger partial charge in [0.25, 0.3) is 0 Å². The molecule has 0 heterocycles. The van der Waals surface area contributed by atoms with Crippen molar-refractivity contribution in [2.45, 2.75) is 57.5 Å². The molecule has 0 spiro atoms. The van der Waals surface area contributed by atoms with E-state index in [0.717, 1.165) is 19.3 Å². The van der Waals surface area contributed by atoms with E-state index in [0.29, 0.717) is 18.5 Å². The summed E-state index contributed by atoms with van der Waals surface area (Å²) < 4.78 is 0. The van der Waals surface area contributed by atoms with Gasteiger partial charge in [0, 0.05) is 25.6 Å². The molecule has 3 nitrogen and oxygen atoms in total. The third-order valence-electron chi connectivity index (χ3n) is 4.76. The van der Waals surface area contributed by atoms with E-state index in [1.54, 1.807) is 0 Å². The number of hydrogen-bond acceptors (Lipinski definition) is 2. The van der Waals surface area contributed by atoms with E-state index < -0.39 is 0 Å². The van der Waals surface area contributed by atoms with Crippen molar-refractivity contribution in [2.75, 3.05) is 14.1 Å². The molecule has 0 radical (unpaired) electrons. The third-order valence-corrected chi connectivity index (χ3v) is 4.76. The number of hydrogen-bond donors (Lipinski definition) is 1. The molecule has 0 saturated heterocycles. The summed E-state index contributed by atoms with van der Waals surface area (Å²) in [5.41, 5.74) is 2.52. The van der Waals surface area contributed by atoms with Gasteiger partial charge in [0.05, 0.1) is 0 Å². The Hall–Kier alpha value is -1.35. The van der Waals surface area contributed by atoms with Crippen molar-refractivity contribution in [1.82, 2.24) is 10.2 Å². The van der Waals surface area contributed by atoms with Gasteiger partial charge in [-0.3, -0.25) is 4.79 Å². The Morgan fingerprint density at radius 3 is 2.62 bits per heavy atom. The monoisotopic (exact) mass is 288 g/mol. The van der Waals surface area contributed by atoms with Gasteiger partial charge in [0.2, 0.25) is 5.91 Å². The van der Waals surface area contributed by atoms with Gasteiger partial charge in [-0.1, -0.05) is 29.8 Å². The number of amides is 1. The zero-order valence-corrected chi connectivity index (χ0v) is 13.6. The van der Waals surface area contributed by atoms with Crippen LogP contribution in [-0.2, 0) is 11.2 Å². The Kier molecular flexibility index (Phi) is 5.80. The van der Waals surface area contributed by atoms with Crippen LogP contribution in [0.4, 0.5) is 0 Å². The minimum absolute atomic E-state index is 0.282. The summed E-state index contributed by atoms with van der Waals surface area (Å²) in [6.07, 6.45) is 6.06. The lowest BCUT2D eigenvalue weighted by molar-refractivity contribution is -0.132. The number of carbonyl (C=O) groups excluding carboxylic acids is 1. The fraction of sp³-hybridized carbons (Fsp3) is 0.611. The zero-order valence-electron chi connectivity index (χ0n) is 13.6. The van der Waals surface area contributed by atoms with Gasteiger partial charge in [0.15, 0.2) is 0 Å². The average molecular weight is 288 g/mol. The maximum absolute atomic E-state index is 12.4. The SMILES string of the molecule is CNC1CCC(N(C)C(=O)CCc2cccc(C)c2)CC1. The number of nitrogens with zero attached hydrogens (tertiary/aromatic N) is 1. The summed E-state index contributed by atoms with van der Waals surface area (Å²) in [6, 6.07) is 9.51. The summed E-state index contributed by atoms with van der Waals surface area (Å²) in [5.74, 6) is 0.282. The second-order valence-electron chi connectivity index (χ2n) is 6.29. The Bertz CT molecular complexity index is 464. The molecule has 1 fully saturated rings. The molecule has 1 saturated carbocycles. The van der Waals surface area contributed by atoms with Crippen molar-refractivity contribution >= 4 is 5.91 Å². The van der Waals surface area contributed by atoms with Gasteiger partial charge in [-0.15, -0.1) is 0 Å². The summed E-state index contributed by atoms with van der Waals surface area (Å²) >= 11 is 0. The van der Waals surface area contributed by atoms with E-state index in [4.69, 9.17) is 0 Å². The second kappa shape index (κ2) is 7.60. The molecule has 0 aliphatic heterocycles. The molecule has 116 valence electrons. The largest absolute Gasteiger partial charge is 0.343 e.